The molecule has 210 valence electrons. The smallest absolute Gasteiger partial charge is 0.257 e. The first-order valence-electron chi connectivity index (χ1n) is 14.5. The fraction of sp³-hybridized carbons (Fsp3) is 0.324. The van der Waals surface area contributed by atoms with Crippen LogP contribution in [0.1, 0.15) is 45.1 Å². The van der Waals surface area contributed by atoms with Crippen LogP contribution in [-0.2, 0) is 0 Å². The van der Waals surface area contributed by atoms with E-state index in [0.717, 1.165) is 67.3 Å². The minimum atomic E-state index is 0.0487. The highest BCUT2D eigenvalue weighted by Crippen LogP contribution is 2.27. The molecule has 4 aromatic rings. The van der Waals surface area contributed by atoms with Crippen LogP contribution in [0.25, 0.3) is 22.5 Å². The number of rotatable bonds is 5. The van der Waals surface area contributed by atoms with Gasteiger partial charge in [-0.05, 0) is 44.9 Å². The Kier molecular flexibility index (Phi) is 7.70. The van der Waals surface area contributed by atoms with Gasteiger partial charge >= 0.3 is 0 Å². The van der Waals surface area contributed by atoms with E-state index in [4.69, 9.17) is 9.40 Å². The highest BCUT2D eigenvalue weighted by Gasteiger charge is 2.31. The van der Waals surface area contributed by atoms with E-state index in [9.17, 15) is 9.59 Å². The van der Waals surface area contributed by atoms with Gasteiger partial charge in [-0.15, -0.1) is 0 Å². The molecule has 2 aromatic carbocycles. The number of carbonyl (C=O) groups is 2. The van der Waals surface area contributed by atoms with Gasteiger partial charge in [0.15, 0.2) is 0 Å². The van der Waals surface area contributed by atoms with Crippen molar-refractivity contribution < 1.29 is 14.0 Å². The van der Waals surface area contributed by atoms with Crippen molar-refractivity contribution in [3.63, 3.8) is 0 Å². The number of amides is 2. The second-order valence-corrected chi connectivity index (χ2v) is 11.0. The van der Waals surface area contributed by atoms with Crippen LogP contribution in [0, 0.1) is 13.8 Å². The molecule has 2 aliphatic rings. The number of nitrogens with zero attached hydrogens (tertiary/aromatic N) is 4. The molecule has 6 rings (SSSR count). The maximum Gasteiger partial charge on any atom is 0.257 e. The second kappa shape index (κ2) is 11.7. The Bertz CT molecular complexity index is 1460. The third-order valence-corrected chi connectivity index (χ3v) is 8.35. The molecule has 0 bridgehead atoms. The Morgan fingerprint density at radius 1 is 0.707 bits per heavy atom. The number of piperazine rings is 1. The number of pyridine rings is 1. The third kappa shape index (κ3) is 5.81. The zero-order valence-electron chi connectivity index (χ0n) is 23.8. The van der Waals surface area contributed by atoms with Gasteiger partial charge in [-0.3, -0.25) is 14.5 Å². The van der Waals surface area contributed by atoms with Crippen molar-refractivity contribution >= 4 is 11.8 Å². The van der Waals surface area contributed by atoms with Gasteiger partial charge in [-0.25, -0.2) is 4.98 Å². The van der Waals surface area contributed by atoms with Gasteiger partial charge in [-0.1, -0.05) is 60.7 Å². The Morgan fingerprint density at radius 2 is 1.24 bits per heavy atom. The molecule has 2 amide bonds. The molecule has 0 N–H and O–H groups in total. The molecule has 2 aromatic heterocycles. The van der Waals surface area contributed by atoms with Crippen LogP contribution in [0.4, 0.5) is 0 Å². The number of furan rings is 1. The summed E-state index contributed by atoms with van der Waals surface area (Å²) in [5.41, 5.74) is 4.93. The number of piperidine rings is 1. The van der Waals surface area contributed by atoms with Crippen molar-refractivity contribution in [1.29, 1.82) is 0 Å². The van der Waals surface area contributed by atoms with Crippen LogP contribution < -0.4 is 0 Å². The van der Waals surface area contributed by atoms with E-state index in [-0.39, 0.29) is 11.8 Å². The standard InChI is InChI=1S/C34H36N4O3/c1-24-21-30(25(2)41-24)34(40)37-15-13-29(14-16-37)36-17-19-38(20-18-36)33(39)28-22-31(26-9-5-3-6-10-26)35-32(23-28)27-11-7-4-8-12-27/h3-12,21-23,29H,13-20H2,1-2H3. The van der Waals surface area contributed by atoms with Gasteiger partial charge < -0.3 is 14.2 Å². The van der Waals surface area contributed by atoms with E-state index < -0.39 is 0 Å². The van der Waals surface area contributed by atoms with Crippen molar-refractivity contribution in [2.45, 2.75) is 32.7 Å². The van der Waals surface area contributed by atoms with Crippen LogP contribution in [0.5, 0.6) is 0 Å². The molecule has 0 aliphatic carbocycles. The summed E-state index contributed by atoms with van der Waals surface area (Å²) in [5, 5.41) is 0. The Hall–Kier alpha value is -4.23. The topological polar surface area (TPSA) is 69.9 Å². The first-order valence-corrected chi connectivity index (χ1v) is 14.5. The predicted octanol–water partition coefficient (Wildman–Crippen LogP) is 5.69. The summed E-state index contributed by atoms with van der Waals surface area (Å²) in [4.78, 5) is 38.1. The minimum absolute atomic E-state index is 0.0487. The van der Waals surface area contributed by atoms with E-state index in [1.165, 1.54) is 0 Å². The van der Waals surface area contributed by atoms with Crippen LogP contribution in [0.3, 0.4) is 0 Å². The summed E-state index contributed by atoms with van der Waals surface area (Å²) in [6.07, 6.45) is 1.89. The largest absolute Gasteiger partial charge is 0.466 e. The number of likely N-dealkylation sites (tertiary alicyclic amines) is 1. The number of aryl methyl sites for hydroxylation is 2. The fourth-order valence-corrected chi connectivity index (χ4v) is 6.09. The van der Waals surface area contributed by atoms with E-state index in [1.54, 1.807) is 0 Å². The van der Waals surface area contributed by atoms with E-state index >= 15 is 0 Å². The zero-order valence-corrected chi connectivity index (χ0v) is 23.8. The average molecular weight is 549 g/mol. The van der Waals surface area contributed by atoms with Gasteiger partial charge in [0, 0.05) is 62.0 Å². The molecule has 2 fully saturated rings. The summed E-state index contributed by atoms with van der Waals surface area (Å²) in [7, 11) is 0. The predicted molar refractivity (Wildman–Crippen MR) is 160 cm³/mol. The van der Waals surface area contributed by atoms with E-state index in [0.29, 0.717) is 36.0 Å². The molecule has 41 heavy (non-hydrogen) atoms. The monoisotopic (exact) mass is 548 g/mol. The molecule has 0 saturated carbocycles. The zero-order chi connectivity index (χ0) is 28.3. The SMILES string of the molecule is Cc1cc(C(=O)N2CCC(N3CCN(C(=O)c4cc(-c5ccccc5)nc(-c5ccccc5)c4)CC3)CC2)c(C)o1. The van der Waals surface area contributed by atoms with Crippen LogP contribution in [0.2, 0.25) is 0 Å². The van der Waals surface area contributed by atoms with Crippen molar-refractivity contribution in [3.8, 4) is 22.5 Å². The molecule has 7 heteroatoms. The lowest BCUT2D eigenvalue weighted by molar-refractivity contribution is 0.0411. The molecule has 2 saturated heterocycles. The summed E-state index contributed by atoms with van der Waals surface area (Å²) >= 11 is 0. The van der Waals surface area contributed by atoms with Crippen molar-refractivity contribution in [1.82, 2.24) is 19.7 Å². The van der Waals surface area contributed by atoms with Crippen LogP contribution in [0.15, 0.2) is 83.3 Å². The number of carbonyl (C=O) groups excluding carboxylic acids is 2. The highest BCUT2D eigenvalue weighted by molar-refractivity contribution is 5.96. The summed E-state index contributed by atoms with van der Waals surface area (Å²) in [6, 6.07) is 26.2. The molecule has 0 radical (unpaired) electrons. The molecule has 0 atom stereocenters. The average Bonchev–Trinajstić information content (AvgIpc) is 3.38. The number of benzene rings is 2. The molecule has 4 heterocycles. The Labute approximate surface area is 241 Å². The van der Waals surface area contributed by atoms with Gasteiger partial charge in [0.25, 0.3) is 11.8 Å². The molecular formula is C34H36N4O3. The number of aromatic nitrogens is 1. The molecule has 0 unspecified atom stereocenters. The third-order valence-electron chi connectivity index (χ3n) is 8.35. The van der Waals surface area contributed by atoms with E-state index in [1.807, 2.05) is 103 Å². The molecule has 2 aliphatic heterocycles. The lowest BCUT2D eigenvalue weighted by Gasteiger charge is -2.42. The fourth-order valence-electron chi connectivity index (χ4n) is 6.09. The molecular weight excluding hydrogens is 512 g/mol. The van der Waals surface area contributed by atoms with Crippen molar-refractivity contribution in [3.05, 3.63) is 102 Å². The van der Waals surface area contributed by atoms with Crippen molar-refractivity contribution in [2.75, 3.05) is 39.3 Å². The first-order chi connectivity index (χ1) is 20.0. The Morgan fingerprint density at radius 3 is 1.76 bits per heavy atom. The van der Waals surface area contributed by atoms with E-state index in [2.05, 4.69) is 4.90 Å². The number of hydrogen-bond donors (Lipinski definition) is 0. The van der Waals surface area contributed by atoms with Gasteiger partial charge in [0.2, 0.25) is 0 Å². The molecule has 7 nitrogen and oxygen atoms in total. The van der Waals surface area contributed by atoms with Gasteiger partial charge in [0.05, 0.1) is 17.0 Å². The first kappa shape index (κ1) is 27.0. The lowest BCUT2D eigenvalue weighted by atomic mass is 10.0. The van der Waals surface area contributed by atoms with Crippen LogP contribution in [-0.4, -0.2) is 76.8 Å². The van der Waals surface area contributed by atoms with Gasteiger partial charge in [0.1, 0.15) is 11.5 Å². The number of hydrogen-bond acceptors (Lipinski definition) is 5. The quantitative estimate of drug-likeness (QED) is 0.321. The summed E-state index contributed by atoms with van der Waals surface area (Å²) < 4.78 is 5.57. The van der Waals surface area contributed by atoms with Crippen LogP contribution >= 0.6 is 0 Å². The maximum atomic E-state index is 13.8. The maximum absolute atomic E-state index is 13.8. The van der Waals surface area contributed by atoms with Gasteiger partial charge in [-0.2, -0.15) is 0 Å². The van der Waals surface area contributed by atoms with Crippen molar-refractivity contribution in [2.24, 2.45) is 0 Å². The minimum Gasteiger partial charge on any atom is -0.466 e. The highest BCUT2D eigenvalue weighted by atomic mass is 16.3. The second-order valence-electron chi connectivity index (χ2n) is 11.0. The summed E-state index contributed by atoms with van der Waals surface area (Å²) in [6.45, 7) is 8.27. The normalized spacial score (nSPS) is 16.6. The summed E-state index contributed by atoms with van der Waals surface area (Å²) in [5.74, 6) is 1.58. The lowest BCUT2D eigenvalue weighted by Crippen LogP contribution is -2.54. The molecule has 0 spiro atoms. The Balaban J connectivity index is 1.11.